The zero-order valence-electron chi connectivity index (χ0n) is 17.0. The van der Waals surface area contributed by atoms with Crippen LogP contribution in [0.3, 0.4) is 0 Å². The average Bonchev–Trinajstić information content (AvgIpc) is 3.28. The number of halogens is 3. The maximum Gasteiger partial charge on any atom is 0.147 e. The molecule has 154 valence electrons. The van der Waals surface area contributed by atoms with E-state index >= 15 is 0 Å². The predicted molar refractivity (Wildman–Crippen MR) is 129 cm³/mol. The van der Waals surface area contributed by atoms with Crippen LogP contribution in [-0.2, 0) is 5.41 Å². The Labute approximate surface area is 195 Å². The Bertz CT molecular complexity index is 1220. The summed E-state index contributed by atoms with van der Waals surface area (Å²) in [5.41, 5.74) is 3.64. The standard InChI is InChI=1S/C23H20Cl3N3S/c1-13-20(19-12-27-22(30-19)23(2,3)4)28-21(17-10-7-15(25)11-18(17)26)29(13)16-8-5-14(24)6-9-16/h5-12H,1-4H3. The first-order chi connectivity index (χ1) is 14.1. The second-order valence-electron chi connectivity index (χ2n) is 8.09. The van der Waals surface area contributed by atoms with Crippen molar-refractivity contribution in [1.82, 2.24) is 14.5 Å². The molecule has 2 aromatic heterocycles. The summed E-state index contributed by atoms with van der Waals surface area (Å²) in [6.45, 7) is 8.54. The monoisotopic (exact) mass is 475 g/mol. The van der Waals surface area contributed by atoms with Crippen LogP contribution in [0.25, 0.3) is 27.6 Å². The zero-order chi connectivity index (χ0) is 21.6. The quantitative estimate of drug-likeness (QED) is 0.298. The highest BCUT2D eigenvalue weighted by molar-refractivity contribution is 7.15. The third kappa shape index (κ3) is 4.02. The van der Waals surface area contributed by atoms with Gasteiger partial charge in [-0.2, -0.15) is 0 Å². The van der Waals surface area contributed by atoms with Crippen molar-refractivity contribution in [3.05, 3.63) is 74.4 Å². The number of hydrogen-bond acceptors (Lipinski definition) is 3. The number of benzene rings is 2. The number of hydrogen-bond donors (Lipinski definition) is 0. The molecule has 0 aliphatic rings. The maximum atomic E-state index is 6.55. The van der Waals surface area contributed by atoms with Gasteiger partial charge in [-0.1, -0.05) is 55.6 Å². The summed E-state index contributed by atoms with van der Waals surface area (Å²) < 4.78 is 2.09. The van der Waals surface area contributed by atoms with Crippen LogP contribution in [-0.4, -0.2) is 14.5 Å². The number of imidazole rings is 1. The van der Waals surface area contributed by atoms with Gasteiger partial charge in [-0.05, 0) is 49.4 Å². The number of nitrogens with zero attached hydrogens (tertiary/aromatic N) is 3. The van der Waals surface area contributed by atoms with Crippen LogP contribution in [0.15, 0.2) is 48.7 Å². The van der Waals surface area contributed by atoms with Crippen molar-refractivity contribution in [2.24, 2.45) is 0 Å². The van der Waals surface area contributed by atoms with Gasteiger partial charge in [0, 0.05) is 38.6 Å². The predicted octanol–water partition coefficient (Wildman–Crippen LogP) is 8.23. The first kappa shape index (κ1) is 21.4. The van der Waals surface area contributed by atoms with Gasteiger partial charge in [-0.25, -0.2) is 9.97 Å². The first-order valence-electron chi connectivity index (χ1n) is 9.42. The van der Waals surface area contributed by atoms with Gasteiger partial charge in [0.05, 0.1) is 14.9 Å². The van der Waals surface area contributed by atoms with Crippen LogP contribution < -0.4 is 0 Å². The van der Waals surface area contributed by atoms with Crippen molar-refractivity contribution in [1.29, 1.82) is 0 Å². The van der Waals surface area contributed by atoms with E-state index in [0.29, 0.717) is 15.1 Å². The van der Waals surface area contributed by atoms with Crippen molar-refractivity contribution in [3.8, 4) is 27.6 Å². The number of rotatable bonds is 3. The van der Waals surface area contributed by atoms with Crippen LogP contribution in [0.4, 0.5) is 0 Å². The fraction of sp³-hybridized carbons (Fsp3) is 0.217. The maximum absolute atomic E-state index is 6.55. The molecule has 7 heteroatoms. The Kier molecular flexibility index (Phi) is 5.71. The molecule has 0 fully saturated rings. The van der Waals surface area contributed by atoms with Gasteiger partial charge in [-0.3, -0.25) is 4.57 Å². The summed E-state index contributed by atoms with van der Waals surface area (Å²) >= 11 is 20.5. The van der Waals surface area contributed by atoms with Gasteiger partial charge < -0.3 is 0 Å². The van der Waals surface area contributed by atoms with Gasteiger partial charge in [0.25, 0.3) is 0 Å². The van der Waals surface area contributed by atoms with Crippen LogP contribution >= 0.6 is 46.1 Å². The minimum absolute atomic E-state index is 0.0160. The molecule has 0 N–H and O–H groups in total. The largest absolute Gasteiger partial charge is 0.296 e. The molecular weight excluding hydrogens is 457 g/mol. The molecule has 0 saturated heterocycles. The smallest absolute Gasteiger partial charge is 0.147 e. The molecule has 3 nitrogen and oxygen atoms in total. The Morgan fingerprint density at radius 1 is 0.933 bits per heavy atom. The fourth-order valence-electron chi connectivity index (χ4n) is 3.22. The molecule has 0 atom stereocenters. The van der Waals surface area contributed by atoms with Crippen molar-refractivity contribution >= 4 is 46.1 Å². The van der Waals surface area contributed by atoms with E-state index in [2.05, 4.69) is 37.2 Å². The molecule has 0 unspecified atom stereocenters. The highest BCUT2D eigenvalue weighted by atomic mass is 35.5. The van der Waals surface area contributed by atoms with Gasteiger partial charge in [0.2, 0.25) is 0 Å². The summed E-state index contributed by atoms with van der Waals surface area (Å²) in [6.07, 6.45) is 1.90. The molecule has 0 bridgehead atoms. The summed E-state index contributed by atoms with van der Waals surface area (Å²) in [6, 6.07) is 13.1. The van der Waals surface area contributed by atoms with E-state index in [-0.39, 0.29) is 5.41 Å². The normalized spacial score (nSPS) is 11.8. The molecule has 4 aromatic rings. The van der Waals surface area contributed by atoms with Gasteiger partial charge in [0.1, 0.15) is 11.5 Å². The summed E-state index contributed by atoms with van der Waals surface area (Å²) in [5.74, 6) is 0.747. The average molecular weight is 477 g/mol. The SMILES string of the molecule is Cc1c(-c2cnc(C(C)(C)C)s2)nc(-c2ccc(Cl)cc2Cl)n1-c1ccc(Cl)cc1. The Morgan fingerprint density at radius 2 is 1.60 bits per heavy atom. The van der Waals surface area contributed by atoms with Crippen molar-refractivity contribution in [2.75, 3.05) is 0 Å². The molecule has 2 aromatic carbocycles. The topological polar surface area (TPSA) is 30.7 Å². The zero-order valence-corrected chi connectivity index (χ0v) is 20.1. The molecule has 4 rings (SSSR count). The van der Waals surface area contributed by atoms with E-state index in [9.17, 15) is 0 Å². The summed E-state index contributed by atoms with van der Waals surface area (Å²) in [5, 5.41) is 2.89. The van der Waals surface area contributed by atoms with E-state index in [1.165, 1.54) is 0 Å². The Morgan fingerprint density at radius 3 is 2.20 bits per heavy atom. The molecule has 0 spiro atoms. The highest BCUT2D eigenvalue weighted by Crippen LogP contribution is 2.39. The molecular formula is C23H20Cl3N3S. The highest BCUT2D eigenvalue weighted by Gasteiger charge is 2.24. The number of thiazole rings is 1. The Hall–Kier alpha value is -1.85. The number of aromatic nitrogens is 3. The first-order valence-corrected chi connectivity index (χ1v) is 11.4. The van der Waals surface area contributed by atoms with Crippen molar-refractivity contribution in [3.63, 3.8) is 0 Å². The van der Waals surface area contributed by atoms with Crippen LogP contribution in [0.5, 0.6) is 0 Å². The third-order valence-electron chi connectivity index (χ3n) is 4.75. The molecule has 2 heterocycles. The molecule has 0 radical (unpaired) electrons. The van der Waals surface area contributed by atoms with Gasteiger partial charge in [-0.15, -0.1) is 11.3 Å². The minimum Gasteiger partial charge on any atom is -0.296 e. The lowest BCUT2D eigenvalue weighted by atomic mass is 9.98. The lowest BCUT2D eigenvalue weighted by molar-refractivity contribution is 0.585. The van der Waals surface area contributed by atoms with E-state index in [1.54, 1.807) is 17.4 Å². The van der Waals surface area contributed by atoms with Crippen LogP contribution in [0.1, 0.15) is 31.5 Å². The van der Waals surface area contributed by atoms with Crippen molar-refractivity contribution in [2.45, 2.75) is 33.1 Å². The minimum atomic E-state index is -0.0160. The second kappa shape index (κ2) is 8.01. The van der Waals surface area contributed by atoms with Crippen molar-refractivity contribution < 1.29 is 0 Å². The van der Waals surface area contributed by atoms with E-state index in [1.807, 2.05) is 42.6 Å². The van der Waals surface area contributed by atoms with Gasteiger partial charge in [0.15, 0.2) is 0 Å². The molecule has 0 aliphatic carbocycles. The molecule has 0 amide bonds. The summed E-state index contributed by atoms with van der Waals surface area (Å²) in [7, 11) is 0. The lowest BCUT2D eigenvalue weighted by Gasteiger charge is -2.13. The molecule has 0 saturated carbocycles. The third-order valence-corrected chi connectivity index (χ3v) is 6.97. The lowest BCUT2D eigenvalue weighted by Crippen LogP contribution is -2.09. The summed E-state index contributed by atoms with van der Waals surface area (Å²) in [4.78, 5) is 10.7. The van der Waals surface area contributed by atoms with Crippen LogP contribution in [0, 0.1) is 6.92 Å². The van der Waals surface area contributed by atoms with Crippen LogP contribution in [0.2, 0.25) is 15.1 Å². The second-order valence-corrected chi connectivity index (χ2v) is 10.4. The molecule has 30 heavy (non-hydrogen) atoms. The van der Waals surface area contributed by atoms with E-state index < -0.39 is 0 Å². The van der Waals surface area contributed by atoms with Gasteiger partial charge >= 0.3 is 0 Å². The van der Waals surface area contributed by atoms with E-state index in [0.717, 1.165) is 38.3 Å². The molecule has 0 aliphatic heterocycles. The Balaban J connectivity index is 1.95. The van der Waals surface area contributed by atoms with E-state index in [4.69, 9.17) is 39.8 Å². The fourth-order valence-corrected chi connectivity index (χ4v) is 4.86.